The van der Waals surface area contributed by atoms with Crippen LogP contribution in [0.5, 0.6) is 11.5 Å². The van der Waals surface area contributed by atoms with Crippen LogP contribution in [0, 0.1) is 0 Å². The second-order valence-electron chi connectivity index (χ2n) is 6.19. The van der Waals surface area contributed by atoms with Gasteiger partial charge < -0.3 is 14.5 Å². The molecule has 0 radical (unpaired) electrons. The molecule has 0 aliphatic carbocycles. The minimum absolute atomic E-state index is 0.320. The van der Waals surface area contributed by atoms with E-state index in [-0.39, 0.29) is 0 Å². The van der Waals surface area contributed by atoms with Crippen molar-refractivity contribution in [2.45, 2.75) is 13.5 Å². The molecule has 0 spiro atoms. The van der Waals surface area contributed by atoms with E-state index in [1.807, 2.05) is 61.5 Å². The van der Waals surface area contributed by atoms with E-state index in [4.69, 9.17) is 32.7 Å². The summed E-state index contributed by atoms with van der Waals surface area (Å²) < 4.78 is 11.8. The second-order valence-corrected chi connectivity index (χ2v) is 7.01. The normalized spacial score (nSPS) is 11.0. The van der Waals surface area contributed by atoms with Crippen LogP contribution >= 0.6 is 23.2 Å². The van der Waals surface area contributed by atoms with E-state index in [1.165, 1.54) is 0 Å². The van der Waals surface area contributed by atoms with Gasteiger partial charge in [0, 0.05) is 22.2 Å². The molecule has 28 heavy (non-hydrogen) atoms. The molecule has 142 valence electrons. The number of H-pyrrole nitrogens is 1. The summed E-state index contributed by atoms with van der Waals surface area (Å²) in [6.07, 6.45) is 0. The van der Waals surface area contributed by atoms with Gasteiger partial charge >= 0.3 is 0 Å². The first kappa shape index (κ1) is 18.7. The van der Waals surface area contributed by atoms with Crippen LogP contribution in [-0.2, 0) is 6.61 Å². The quantitative estimate of drug-likeness (QED) is 0.392. The molecule has 0 saturated heterocycles. The van der Waals surface area contributed by atoms with E-state index in [1.54, 1.807) is 6.07 Å². The van der Waals surface area contributed by atoms with Gasteiger partial charge in [0.1, 0.15) is 12.4 Å². The highest BCUT2D eigenvalue weighted by Gasteiger charge is 2.16. The SMILES string of the molecule is CCOc1cc(-c2nc3ccccc3[nH]2)c(Cl)cc1OCc1ccccc1Cl. The zero-order chi connectivity index (χ0) is 19.5. The molecule has 0 amide bonds. The monoisotopic (exact) mass is 412 g/mol. The first-order valence-corrected chi connectivity index (χ1v) is 9.69. The van der Waals surface area contributed by atoms with Crippen molar-refractivity contribution in [3.8, 4) is 22.9 Å². The van der Waals surface area contributed by atoms with Crippen LogP contribution in [-0.4, -0.2) is 16.6 Å². The van der Waals surface area contributed by atoms with Gasteiger partial charge in [0.15, 0.2) is 11.5 Å². The number of halogens is 2. The van der Waals surface area contributed by atoms with Gasteiger partial charge in [0.25, 0.3) is 0 Å². The predicted molar refractivity (Wildman–Crippen MR) is 113 cm³/mol. The summed E-state index contributed by atoms with van der Waals surface area (Å²) >= 11 is 12.8. The van der Waals surface area contributed by atoms with Crippen LogP contribution in [0.2, 0.25) is 10.0 Å². The Balaban J connectivity index is 1.68. The Morgan fingerprint density at radius 1 is 0.893 bits per heavy atom. The first-order valence-electron chi connectivity index (χ1n) is 8.93. The summed E-state index contributed by atoms with van der Waals surface area (Å²) in [5.41, 5.74) is 3.48. The van der Waals surface area contributed by atoms with Crippen molar-refractivity contribution >= 4 is 34.2 Å². The summed E-state index contributed by atoms with van der Waals surface area (Å²) in [7, 11) is 0. The molecule has 1 heterocycles. The van der Waals surface area contributed by atoms with Gasteiger partial charge in [-0.1, -0.05) is 53.5 Å². The Bertz CT molecular complexity index is 1090. The maximum Gasteiger partial charge on any atom is 0.163 e. The highest BCUT2D eigenvalue weighted by molar-refractivity contribution is 6.33. The van der Waals surface area contributed by atoms with Crippen molar-refractivity contribution in [1.82, 2.24) is 9.97 Å². The maximum absolute atomic E-state index is 6.56. The molecule has 1 aromatic heterocycles. The summed E-state index contributed by atoms with van der Waals surface area (Å²) in [4.78, 5) is 7.92. The number of nitrogens with zero attached hydrogens (tertiary/aromatic N) is 1. The number of para-hydroxylation sites is 2. The van der Waals surface area contributed by atoms with Gasteiger partial charge in [0.2, 0.25) is 0 Å². The third kappa shape index (κ3) is 3.79. The molecule has 4 aromatic rings. The molecule has 0 atom stereocenters. The molecule has 6 heteroatoms. The Morgan fingerprint density at radius 2 is 1.64 bits per heavy atom. The van der Waals surface area contributed by atoms with Crippen LogP contribution in [0.4, 0.5) is 0 Å². The molecule has 4 nitrogen and oxygen atoms in total. The van der Waals surface area contributed by atoms with Gasteiger partial charge in [-0.05, 0) is 31.2 Å². The van der Waals surface area contributed by atoms with Gasteiger partial charge in [-0.25, -0.2) is 4.98 Å². The Kier molecular flexibility index (Phi) is 5.42. The highest BCUT2D eigenvalue weighted by atomic mass is 35.5. The molecule has 0 aliphatic rings. The number of aromatic amines is 1. The topological polar surface area (TPSA) is 47.1 Å². The zero-order valence-corrected chi connectivity index (χ0v) is 16.7. The third-order valence-corrected chi connectivity index (χ3v) is 5.00. The maximum atomic E-state index is 6.56. The minimum Gasteiger partial charge on any atom is -0.490 e. The minimum atomic E-state index is 0.320. The van der Waals surface area contributed by atoms with Crippen molar-refractivity contribution < 1.29 is 9.47 Å². The molecular formula is C22H18Cl2N2O2. The largest absolute Gasteiger partial charge is 0.490 e. The van der Waals surface area contributed by atoms with Gasteiger partial charge in [-0.3, -0.25) is 0 Å². The van der Waals surface area contributed by atoms with E-state index < -0.39 is 0 Å². The van der Waals surface area contributed by atoms with E-state index in [9.17, 15) is 0 Å². The third-order valence-electron chi connectivity index (χ3n) is 4.32. The van der Waals surface area contributed by atoms with Gasteiger partial charge in [-0.2, -0.15) is 0 Å². The molecular weight excluding hydrogens is 395 g/mol. The van der Waals surface area contributed by atoms with Crippen LogP contribution in [0.15, 0.2) is 60.7 Å². The van der Waals surface area contributed by atoms with Crippen LogP contribution < -0.4 is 9.47 Å². The lowest BCUT2D eigenvalue weighted by Gasteiger charge is -2.14. The van der Waals surface area contributed by atoms with Crippen molar-refractivity contribution in [1.29, 1.82) is 0 Å². The van der Waals surface area contributed by atoms with Crippen LogP contribution in [0.25, 0.3) is 22.4 Å². The van der Waals surface area contributed by atoms with Crippen LogP contribution in [0.3, 0.4) is 0 Å². The summed E-state index contributed by atoms with van der Waals surface area (Å²) in [6, 6.07) is 19.0. The lowest BCUT2D eigenvalue weighted by atomic mass is 10.2. The molecule has 1 N–H and O–H groups in total. The van der Waals surface area contributed by atoms with Gasteiger partial charge in [0.05, 0.1) is 22.7 Å². The number of nitrogens with one attached hydrogen (secondary N) is 1. The molecule has 0 aliphatic heterocycles. The predicted octanol–water partition coefficient (Wildman–Crippen LogP) is 6.51. The number of fused-ring (bicyclic) bond motifs is 1. The summed E-state index contributed by atoms with van der Waals surface area (Å²) in [5.74, 6) is 1.85. The molecule has 0 unspecified atom stereocenters. The lowest BCUT2D eigenvalue weighted by molar-refractivity contribution is 0.269. The van der Waals surface area contributed by atoms with E-state index in [2.05, 4.69) is 9.97 Å². The smallest absolute Gasteiger partial charge is 0.163 e. The molecule has 0 fully saturated rings. The second kappa shape index (κ2) is 8.13. The fraction of sp³-hybridized carbons (Fsp3) is 0.136. The molecule has 4 rings (SSSR count). The number of aromatic nitrogens is 2. The molecule has 0 bridgehead atoms. The lowest BCUT2D eigenvalue weighted by Crippen LogP contribution is -2.01. The van der Waals surface area contributed by atoms with E-state index in [0.717, 1.165) is 22.2 Å². The summed E-state index contributed by atoms with van der Waals surface area (Å²) in [6.45, 7) is 2.75. The number of hydrogen-bond donors (Lipinski definition) is 1. The number of imidazole rings is 1. The molecule has 3 aromatic carbocycles. The van der Waals surface area contributed by atoms with Crippen molar-refractivity contribution in [2.24, 2.45) is 0 Å². The number of hydrogen-bond acceptors (Lipinski definition) is 3. The fourth-order valence-electron chi connectivity index (χ4n) is 2.95. The average molecular weight is 413 g/mol. The Labute approximate surface area is 173 Å². The van der Waals surface area contributed by atoms with Gasteiger partial charge in [-0.15, -0.1) is 0 Å². The van der Waals surface area contributed by atoms with Crippen LogP contribution in [0.1, 0.15) is 12.5 Å². The first-order chi connectivity index (χ1) is 13.7. The number of rotatable bonds is 6. The zero-order valence-electron chi connectivity index (χ0n) is 15.2. The summed E-state index contributed by atoms with van der Waals surface area (Å²) in [5, 5.41) is 1.18. The fourth-order valence-corrected chi connectivity index (χ4v) is 3.38. The van der Waals surface area contributed by atoms with E-state index in [0.29, 0.717) is 40.6 Å². The van der Waals surface area contributed by atoms with Crippen molar-refractivity contribution in [3.63, 3.8) is 0 Å². The standard InChI is InChI=1S/C22H18Cl2N2O2/c1-2-27-20-11-15(22-25-18-9-5-6-10-19(18)26-22)17(24)12-21(20)28-13-14-7-3-4-8-16(14)23/h3-12H,2,13H2,1H3,(H,25,26). The van der Waals surface area contributed by atoms with Crippen molar-refractivity contribution in [2.75, 3.05) is 6.61 Å². The highest BCUT2D eigenvalue weighted by Crippen LogP contribution is 2.38. The van der Waals surface area contributed by atoms with Crippen molar-refractivity contribution in [3.05, 3.63) is 76.3 Å². The Hall–Kier alpha value is -2.69. The Morgan fingerprint density at radius 3 is 2.43 bits per heavy atom. The van der Waals surface area contributed by atoms with E-state index >= 15 is 0 Å². The molecule has 0 saturated carbocycles. The number of benzene rings is 3. The number of ether oxygens (including phenoxy) is 2. The average Bonchev–Trinajstić information content (AvgIpc) is 3.13.